The van der Waals surface area contributed by atoms with Crippen molar-refractivity contribution < 1.29 is 19.4 Å². The highest BCUT2D eigenvalue weighted by Gasteiger charge is 2.21. The van der Waals surface area contributed by atoms with Gasteiger partial charge in [0.25, 0.3) is 0 Å². The van der Waals surface area contributed by atoms with Crippen molar-refractivity contribution in [2.24, 2.45) is 11.8 Å². The van der Waals surface area contributed by atoms with Crippen molar-refractivity contribution in [1.29, 1.82) is 0 Å². The number of hydrogen-bond donors (Lipinski definition) is 2. The highest BCUT2D eigenvalue weighted by molar-refractivity contribution is 5.76. The van der Waals surface area contributed by atoms with Crippen molar-refractivity contribution in [3.05, 3.63) is 29.8 Å². The Hall–Kier alpha value is -2.04. The third-order valence-electron chi connectivity index (χ3n) is 4.54. The van der Waals surface area contributed by atoms with Gasteiger partial charge in [0.2, 0.25) is 5.91 Å². The van der Waals surface area contributed by atoms with Crippen LogP contribution in [-0.4, -0.2) is 30.1 Å². The van der Waals surface area contributed by atoms with Gasteiger partial charge in [-0.05, 0) is 48.8 Å². The first-order valence-corrected chi connectivity index (χ1v) is 8.73. The summed E-state index contributed by atoms with van der Waals surface area (Å²) in [7, 11) is 0. The minimum Gasteiger partial charge on any atom is -0.482 e. The lowest BCUT2D eigenvalue weighted by Crippen LogP contribution is -2.29. The minimum atomic E-state index is -0.992. The van der Waals surface area contributed by atoms with Gasteiger partial charge >= 0.3 is 5.97 Å². The second-order valence-electron chi connectivity index (χ2n) is 6.77. The van der Waals surface area contributed by atoms with Crippen LogP contribution in [0.25, 0.3) is 0 Å². The van der Waals surface area contributed by atoms with Gasteiger partial charge in [0, 0.05) is 13.0 Å². The molecule has 0 bridgehead atoms. The van der Waals surface area contributed by atoms with Crippen molar-refractivity contribution >= 4 is 11.9 Å². The number of carbonyl (C=O) groups is 2. The van der Waals surface area contributed by atoms with Crippen LogP contribution in [0.1, 0.15) is 44.6 Å². The van der Waals surface area contributed by atoms with E-state index >= 15 is 0 Å². The normalized spacial score (nSPS) is 20.4. The number of rotatable bonds is 8. The van der Waals surface area contributed by atoms with Crippen LogP contribution in [-0.2, 0) is 16.0 Å². The van der Waals surface area contributed by atoms with Crippen LogP contribution in [0.4, 0.5) is 0 Å². The molecule has 0 radical (unpaired) electrons. The van der Waals surface area contributed by atoms with E-state index in [1.54, 1.807) is 12.1 Å². The summed E-state index contributed by atoms with van der Waals surface area (Å²) in [6.07, 6.45) is 6.29. The standard InChI is InChI=1S/C19H27NO4/c1-14-3-2-4-16(11-14)12-18(21)20-10-9-15-5-7-17(8-6-15)24-13-19(22)23/h5-8,14,16H,2-4,9-13H2,1H3,(H,20,21)(H,22,23). The minimum absolute atomic E-state index is 0.149. The van der Waals surface area contributed by atoms with E-state index in [1.165, 1.54) is 25.7 Å². The van der Waals surface area contributed by atoms with Gasteiger partial charge in [-0.1, -0.05) is 31.9 Å². The zero-order valence-corrected chi connectivity index (χ0v) is 14.3. The molecule has 0 saturated heterocycles. The molecule has 1 aliphatic carbocycles. The fourth-order valence-electron chi connectivity index (χ4n) is 3.32. The predicted molar refractivity (Wildman–Crippen MR) is 92.0 cm³/mol. The molecule has 5 heteroatoms. The van der Waals surface area contributed by atoms with E-state index in [4.69, 9.17) is 9.84 Å². The molecule has 0 spiro atoms. The van der Waals surface area contributed by atoms with Crippen LogP contribution < -0.4 is 10.1 Å². The van der Waals surface area contributed by atoms with Gasteiger partial charge in [-0.3, -0.25) is 4.79 Å². The van der Waals surface area contributed by atoms with Crippen molar-refractivity contribution in [3.63, 3.8) is 0 Å². The van der Waals surface area contributed by atoms with Crippen LogP contribution in [0.3, 0.4) is 0 Å². The van der Waals surface area contributed by atoms with E-state index in [0.717, 1.165) is 17.9 Å². The van der Waals surface area contributed by atoms with Gasteiger partial charge in [0.15, 0.2) is 6.61 Å². The Morgan fingerprint density at radius 3 is 2.67 bits per heavy atom. The molecule has 1 fully saturated rings. The maximum Gasteiger partial charge on any atom is 0.341 e. The fraction of sp³-hybridized carbons (Fsp3) is 0.579. The van der Waals surface area contributed by atoms with E-state index in [-0.39, 0.29) is 12.5 Å². The molecular weight excluding hydrogens is 306 g/mol. The summed E-state index contributed by atoms with van der Waals surface area (Å²) in [6, 6.07) is 7.30. The van der Waals surface area contributed by atoms with Crippen LogP contribution in [0.2, 0.25) is 0 Å². The first-order chi connectivity index (χ1) is 11.5. The van der Waals surface area contributed by atoms with Crippen LogP contribution in [0, 0.1) is 11.8 Å². The summed E-state index contributed by atoms with van der Waals surface area (Å²) in [5.41, 5.74) is 1.09. The number of hydrogen-bond acceptors (Lipinski definition) is 3. The second kappa shape index (κ2) is 9.30. The summed E-state index contributed by atoms with van der Waals surface area (Å²) in [4.78, 5) is 22.5. The topological polar surface area (TPSA) is 75.6 Å². The molecule has 2 N–H and O–H groups in total. The Balaban J connectivity index is 1.66. The fourth-order valence-corrected chi connectivity index (χ4v) is 3.32. The Bertz CT molecular complexity index is 541. The summed E-state index contributed by atoms with van der Waals surface area (Å²) in [6.45, 7) is 2.56. The number of ether oxygens (including phenoxy) is 1. The molecule has 132 valence electrons. The zero-order valence-electron chi connectivity index (χ0n) is 14.3. The highest BCUT2D eigenvalue weighted by Crippen LogP contribution is 2.30. The molecule has 1 aromatic rings. The molecule has 5 nitrogen and oxygen atoms in total. The summed E-state index contributed by atoms with van der Waals surface area (Å²) in [5, 5.41) is 11.6. The Kier molecular flexibility index (Phi) is 7.09. The van der Waals surface area contributed by atoms with Crippen molar-refractivity contribution in [3.8, 4) is 5.75 Å². The first-order valence-electron chi connectivity index (χ1n) is 8.73. The van der Waals surface area contributed by atoms with Crippen LogP contribution in [0.15, 0.2) is 24.3 Å². The number of amides is 1. The van der Waals surface area contributed by atoms with E-state index < -0.39 is 5.97 Å². The van der Waals surface area contributed by atoms with Gasteiger partial charge < -0.3 is 15.2 Å². The van der Waals surface area contributed by atoms with Crippen LogP contribution in [0.5, 0.6) is 5.75 Å². The lowest BCUT2D eigenvalue weighted by molar-refractivity contribution is -0.139. The average Bonchev–Trinajstić information content (AvgIpc) is 2.54. The molecule has 2 unspecified atom stereocenters. The molecule has 2 atom stereocenters. The molecule has 1 amide bonds. The van der Waals surface area contributed by atoms with E-state index in [1.807, 2.05) is 12.1 Å². The molecular formula is C19H27NO4. The molecule has 24 heavy (non-hydrogen) atoms. The molecule has 0 aromatic heterocycles. The summed E-state index contributed by atoms with van der Waals surface area (Å²) < 4.78 is 5.09. The first kappa shape index (κ1) is 18.3. The number of nitrogens with one attached hydrogen (secondary N) is 1. The molecule has 1 aromatic carbocycles. The van der Waals surface area contributed by atoms with Gasteiger partial charge in [-0.25, -0.2) is 4.79 Å². The zero-order chi connectivity index (χ0) is 17.4. The number of aliphatic carboxylic acids is 1. The predicted octanol–water partition coefficient (Wildman–Crippen LogP) is 3.03. The van der Waals surface area contributed by atoms with E-state index in [9.17, 15) is 9.59 Å². The van der Waals surface area contributed by atoms with Crippen LogP contribution >= 0.6 is 0 Å². The summed E-state index contributed by atoms with van der Waals surface area (Å²) >= 11 is 0. The monoisotopic (exact) mass is 333 g/mol. The summed E-state index contributed by atoms with van der Waals surface area (Å²) in [5.74, 6) is 0.985. The smallest absolute Gasteiger partial charge is 0.341 e. The van der Waals surface area contributed by atoms with Gasteiger partial charge in [-0.2, -0.15) is 0 Å². The molecule has 1 saturated carbocycles. The lowest BCUT2D eigenvalue weighted by Gasteiger charge is -2.26. The SMILES string of the molecule is CC1CCCC(CC(=O)NCCc2ccc(OCC(=O)O)cc2)C1. The number of carboxylic acid groups (broad SMARTS) is 1. The van der Waals surface area contributed by atoms with E-state index in [2.05, 4.69) is 12.2 Å². The number of benzene rings is 1. The van der Waals surface area contributed by atoms with Crippen molar-refractivity contribution in [2.45, 2.75) is 45.4 Å². The number of carbonyl (C=O) groups excluding carboxylic acids is 1. The molecule has 0 heterocycles. The Morgan fingerprint density at radius 2 is 2.00 bits per heavy atom. The Morgan fingerprint density at radius 1 is 1.25 bits per heavy atom. The maximum absolute atomic E-state index is 12.0. The van der Waals surface area contributed by atoms with E-state index in [0.29, 0.717) is 24.6 Å². The van der Waals surface area contributed by atoms with Gasteiger partial charge in [-0.15, -0.1) is 0 Å². The second-order valence-corrected chi connectivity index (χ2v) is 6.77. The third kappa shape index (κ3) is 6.60. The molecule has 1 aliphatic rings. The molecule has 0 aliphatic heterocycles. The highest BCUT2D eigenvalue weighted by atomic mass is 16.5. The largest absolute Gasteiger partial charge is 0.482 e. The van der Waals surface area contributed by atoms with Crippen molar-refractivity contribution in [1.82, 2.24) is 5.32 Å². The van der Waals surface area contributed by atoms with Gasteiger partial charge in [0.05, 0.1) is 0 Å². The number of carboxylic acids is 1. The quantitative estimate of drug-likeness (QED) is 0.767. The lowest BCUT2D eigenvalue weighted by atomic mass is 9.81. The maximum atomic E-state index is 12.0. The average molecular weight is 333 g/mol. The molecule has 2 rings (SSSR count). The third-order valence-corrected chi connectivity index (χ3v) is 4.54. The van der Waals surface area contributed by atoms with Gasteiger partial charge in [0.1, 0.15) is 5.75 Å². The van der Waals surface area contributed by atoms with Crippen molar-refractivity contribution in [2.75, 3.05) is 13.2 Å². The Labute approximate surface area is 143 Å².